The molecule has 0 radical (unpaired) electrons. The van der Waals surface area contributed by atoms with Crippen LogP contribution in [0.2, 0.25) is 0 Å². The second-order valence-corrected chi connectivity index (χ2v) is 5.22. The van der Waals surface area contributed by atoms with E-state index in [2.05, 4.69) is 11.9 Å². The fraction of sp³-hybridized carbons (Fsp3) is 0.286. The smallest absolute Gasteiger partial charge is 0.230 e. The van der Waals surface area contributed by atoms with Crippen molar-refractivity contribution in [1.82, 2.24) is 10.5 Å². The van der Waals surface area contributed by atoms with Gasteiger partial charge >= 0.3 is 0 Å². The van der Waals surface area contributed by atoms with Crippen molar-refractivity contribution < 1.29 is 10.0 Å². The van der Waals surface area contributed by atoms with Crippen molar-refractivity contribution in [2.45, 2.75) is 25.7 Å². The number of nitrogens with zero attached hydrogens (tertiary/aromatic N) is 1. The lowest BCUT2D eigenvalue weighted by Gasteiger charge is -1.81. The average Bonchev–Trinajstić information content (AvgIpc) is 3.24. The van der Waals surface area contributed by atoms with Crippen LogP contribution in [-0.4, -0.2) is 16.6 Å². The zero-order chi connectivity index (χ0) is 13.9. The van der Waals surface area contributed by atoms with Crippen LogP contribution in [0.3, 0.4) is 0 Å². The number of aryl methyl sites for hydroxylation is 1. The maximum atomic E-state index is 8.81. The van der Waals surface area contributed by atoms with Crippen LogP contribution in [-0.2, 0) is 4.79 Å². The summed E-state index contributed by atoms with van der Waals surface area (Å²) in [6.45, 7) is 2.07. The fourth-order valence-electron chi connectivity index (χ4n) is 1.32. The Labute approximate surface area is 117 Å². The average molecular weight is 278 g/mol. The highest BCUT2D eigenvalue weighted by molar-refractivity contribution is 7.11. The van der Waals surface area contributed by atoms with Crippen molar-refractivity contribution in [2.75, 3.05) is 0 Å². The highest BCUT2D eigenvalue weighted by Crippen LogP contribution is 2.42. The molecule has 0 unspecified atom stereocenters. The molecule has 1 aromatic carbocycles. The van der Waals surface area contributed by atoms with E-state index in [0.29, 0.717) is 0 Å². The van der Waals surface area contributed by atoms with E-state index in [4.69, 9.17) is 10.0 Å². The normalized spacial score (nSPS) is 12.3. The quantitative estimate of drug-likeness (QED) is 0.504. The number of amides is 1. The summed E-state index contributed by atoms with van der Waals surface area (Å²) in [5.41, 5.74) is 1.25. The summed E-state index contributed by atoms with van der Waals surface area (Å²) in [5.74, 6) is 0.885. The van der Waals surface area contributed by atoms with Crippen LogP contribution in [0.15, 0.2) is 42.6 Å². The molecule has 0 bridgehead atoms. The van der Waals surface area contributed by atoms with E-state index in [-0.39, 0.29) is 6.41 Å². The predicted molar refractivity (Wildman–Crippen MR) is 76.3 cm³/mol. The second kappa shape index (κ2) is 9.24. The summed E-state index contributed by atoms with van der Waals surface area (Å²) in [5, 5.41) is 8.46. The molecule has 0 atom stereocenters. The first kappa shape index (κ1) is 15.3. The van der Waals surface area contributed by atoms with E-state index in [0.717, 1.165) is 5.92 Å². The second-order valence-electron chi connectivity index (χ2n) is 3.96. The lowest BCUT2D eigenvalue weighted by molar-refractivity contribution is -0.116. The zero-order valence-electron chi connectivity index (χ0n) is 10.8. The molecule has 2 N–H and O–H groups in total. The Morgan fingerprint density at radius 1 is 1.26 bits per heavy atom. The van der Waals surface area contributed by atoms with Gasteiger partial charge in [-0.25, -0.2) is 10.5 Å². The summed E-state index contributed by atoms with van der Waals surface area (Å²) in [7, 11) is 0. The Bertz CT molecular complexity index is 429. The first-order valence-corrected chi connectivity index (χ1v) is 6.85. The van der Waals surface area contributed by atoms with E-state index >= 15 is 0 Å². The van der Waals surface area contributed by atoms with Crippen LogP contribution in [0.5, 0.6) is 0 Å². The molecule has 3 rings (SSSR count). The molecule has 1 aliphatic carbocycles. The number of thiazole rings is 1. The van der Waals surface area contributed by atoms with Gasteiger partial charge in [-0.3, -0.25) is 10.0 Å². The largest absolute Gasteiger partial charge is 0.289 e. The molecule has 0 aliphatic heterocycles. The van der Waals surface area contributed by atoms with Gasteiger partial charge in [-0.2, -0.15) is 0 Å². The maximum Gasteiger partial charge on any atom is 0.230 e. The molecule has 102 valence electrons. The predicted octanol–water partition coefficient (Wildman–Crippen LogP) is 3.14. The number of hydrogen-bond donors (Lipinski definition) is 2. The molecule has 5 heteroatoms. The van der Waals surface area contributed by atoms with Gasteiger partial charge in [0.05, 0.1) is 5.01 Å². The third-order valence-electron chi connectivity index (χ3n) is 2.34. The number of carbonyl (C=O) groups excluding carboxylic acids is 1. The summed E-state index contributed by atoms with van der Waals surface area (Å²) < 4.78 is 0. The monoisotopic (exact) mass is 278 g/mol. The molecule has 2 aromatic rings. The summed E-state index contributed by atoms with van der Waals surface area (Å²) >= 11 is 1.85. The van der Waals surface area contributed by atoms with Crippen molar-refractivity contribution in [3.8, 4) is 0 Å². The van der Waals surface area contributed by atoms with E-state index in [9.17, 15) is 0 Å². The van der Waals surface area contributed by atoms with Gasteiger partial charge in [0, 0.05) is 11.1 Å². The molecule has 0 saturated heterocycles. The lowest BCUT2D eigenvalue weighted by atomic mass is 10.4. The van der Waals surface area contributed by atoms with Crippen molar-refractivity contribution in [3.05, 3.63) is 52.5 Å². The van der Waals surface area contributed by atoms with E-state index in [1.807, 2.05) is 53.9 Å². The summed E-state index contributed by atoms with van der Waals surface area (Å²) in [6.07, 6.45) is 4.99. The van der Waals surface area contributed by atoms with E-state index in [1.165, 1.54) is 28.2 Å². The number of carbonyl (C=O) groups is 1. The molecule has 1 saturated carbocycles. The van der Waals surface area contributed by atoms with Crippen LogP contribution in [0.25, 0.3) is 0 Å². The van der Waals surface area contributed by atoms with Crippen molar-refractivity contribution in [1.29, 1.82) is 0 Å². The van der Waals surface area contributed by atoms with Gasteiger partial charge < -0.3 is 0 Å². The van der Waals surface area contributed by atoms with Gasteiger partial charge in [0.1, 0.15) is 0 Å². The lowest BCUT2D eigenvalue weighted by Crippen LogP contribution is -1.99. The van der Waals surface area contributed by atoms with E-state index < -0.39 is 0 Å². The highest BCUT2D eigenvalue weighted by atomic mass is 32.1. The number of benzene rings is 1. The van der Waals surface area contributed by atoms with Crippen LogP contribution >= 0.6 is 11.3 Å². The first-order valence-electron chi connectivity index (χ1n) is 6.03. The topological polar surface area (TPSA) is 62.2 Å². The molecule has 1 aliphatic rings. The van der Waals surface area contributed by atoms with Crippen LogP contribution < -0.4 is 5.48 Å². The number of nitrogens with one attached hydrogen (secondary N) is 1. The van der Waals surface area contributed by atoms with Gasteiger partial charge in [-0.05, 0) is 25.7 Å². The highest BCUT2D eigenvalue weighted by Gasteiger charge is 2.24. The number of aromatic nitrogens is 1. The van der Waals surface area contributed by atoms with Crippen molar-refractivity contribution >= 4 is 17.7 Å². The summed E-state index contributed by atoms with van der Waals surface area (Å²) in [4.78, 5) is 14.5. The van der Waals surface area contributed by atoms with Crippen LogP contribution in [0.1, 0.15) is 28.6 Å². The fourth-order valence-corrected chi connectivity index (χ4v) is 2.27. The van der Waals surface area contributed by atoms with E-state index in [1.54, 1.807) is 0 Å². The number of hydrogen-bond acceptors (Lipinski definition) is 4. The molecular formula is C14H18N2O2S. The molecule has 1 fully saturated rings. The Morgan fingerprint density at radius 2 is 1.74 bits per heavy atom. The minimum absolute atomic E-state index is 0.181. The minimum Gasteiger partial charge on any atom is -0.289 e. The van der Waals surface area contributed by atoms with Crippen LogP contribution in [0, 0.1) is 6.92 Å². The van der Waals surface area contributed by atoms with Gasteiger partial charge in [0.25, 0.3) is 0 Å². The standard InChI is InChI=1S/C7H9NS.C6H6.CH3NO2/c1-5-8-4-7(9-5)6-2-3-6;1-2-4-6-5-3-1;3-1-2-4/h4,6H,2-3H2,1H3;1-6H;1,4H,(H,2,3). The van der Waals surface area contributed by atoms with Gasteiger partial charge in [0.15, 0.2) is 0 Å². The Balaban J connectivity index is 0.000000158. The van der Waals surface area contributed by atoms with Gasteiger partial charge in [-0.15, -0.1) is 11.3 Å². The molecule has 1 heterocycles. The van der Waals surface area contributed by atoms with Gasteiger partial charge in [-0.1, -0.05) is 36.4 Å². The molecular weight excluding hydrogens is 260 g/mol. The third kappa shape index (κ3) is 7.33. The molecule has 1 amide bonds. The maximum absolute atomic E-state index is 8.81. The Kier molecular flexibility index (Phi) is 7.46. The van der Waals surface area contributed by atoms with Crippen LogP contribution in [0.4, 0.5) is 0 Å². The SMILES string of the molecule is Cc1ncc(C2CC2)s1.O=CNO.c1ccccc1. The molecule has 0 spiro atoms. The summed E-state index contributed by atoms with van der Waals surface area (Å²) in [6, 6.07) is 12.0. The number of rotatable bonds is 2. The first-order chi connectivity index (χ1) is 9.27. The Morgan fingerprint density at radius 3 is 2.00 bits per heavy atom. The number of hydroxylamine groups is 1. The minimum atomic E-state index is 0.181. The third-order valence-corrected chi connectivity index (χ3v) is 3.41. The zero-order valence-corrected chi connectivity index (χ0v) is 11.6. The molecule has 19 heavy (non-hydrogen) atoms. The van der Waals surface area contributed by atoms with Crippen molar-refractivity contribution in [2.24, 2.45) is 0 Å². The molecule has 4 nitrogen and oxygen atoms in total. The van der Waals surface area contributed by atoms with Gasteiger partial charge in [0.2, 0.25) is 6.41 Å². The molecule has 1 aromatic heterocycles. The van der Waals surface area contributed by atoms with Crippen molar-refractivity contribution in [3.63, 3.8) is 0 Å². The Hall–Kier alpha value is -1.72.